The van der Waals surface area contributed by atoms with E-state index >= 15 is 0 Å². The molecule has 1 saturated heterocycles. The van der Waals surface area contributed by atoms with Crippen LogP contribution in [0.5, 0.6) is 0 Å². The molecule has 15 heavy (non-hydrogen) atoms. The molecule has 0 aromatic heterocycles. The average Bonchev–Trinajstić information content (AvgIpc) is 2.29. The largest absolute Gasteiger partial charge is 0.300 e. The Morgan fingerprint density at radius 3 is 2.93 bits per heavy atom. The summed E-state index contributed by atoms with van der Waals surface area (Å²) in [4.78, 5) is 6.74. The smallest absolute Gasteiger partial charge is 0.183 e. The Bertz CT molecular complexity index is 243. The van der Waals surface area contributed by atoms with Gasteiger partial charge in [0, 0.05) is 31.1 Å². The molecule has 84 valence electrons. The Kier molecular flexibility index (Phi) is 6.64. The highest BCUT2D eigenvalue weighted by Crippen LogP contribution is 2.08. The Balaban J connectivity index is 2.20. The van der Waals surface area contributed by atoms with E-state index in [0.717, 1.165) is 13.1 Å². The summed E-state index contributed by atoms with van der Waals surface area (Å²) in [5.41, 5.74) is 0. The predicted molar refractivity (Wildman–Crippen MR) is 68.3 cm³/mol. The number of amidine groups is 1. The number of nitrogens with zero attached hydrogens (tertiary/aromatic N) is 3. The van der Waals surface area contributed by atoms with Crippen molar-refractivity contribution in [3.63, 3.8) is 0 Å². The summed E-state index contributed by atoms with van der Waals surface area (Å²) in [5, 5.41) is 11.7. The summed E-state index contributed by atoms with van der Waals surface area (Å²) in [6.07, 6.45) is 3.81. The molecule has 1 heterocycles. The Morgan fingerprint density at radius 2 is 2.33 bits per heavy atom. The lowest BCUT2D eigenvalue weighted by Crippen LogP contribution is -2.34. The van der Waals surface area contributed by atoms with Crippen LogP contribution in [0.3, 0.4) is 0 Å². The molecule has 0 aromatic rings. The zero-order chi connectivity index (χ0) is 10.9. The van der Waals surface area contributed by atoms with Gasteiger partial charge in [-0.25, -0.2) is 0 Å². The van der Waals surface area contributed by atoms with Crippen molar-refractivity contribution in [1.29, 1.82) is 5.26 Å². The van der Waals surface area contributed by atoms with Gasteiger partial charge in [-0.05, 0) is 6.26 Å². The summed E-state index contributed by atoms with van der Waals surface area (Å²) in [7, 11) is 0. The van der Waals surface area contributed by atoms with E-state index in [4.69, 9.17) is 5.26 Å². The van der Waals surface area contributed by atoms with Gasteiger partial charge in [-0.1, -0.05) is 11.8 Å². The van der Waals surface area contributed by atoms with Gasteiger partial charge in [0.2, 0.25) is 0 Å². The van der Waals surface area contributed by atoms with Crippen molar-refractivity contribution in [3.05, 3.63) is 0 Å². The van der Waals surface area contributed by atoms with Gasteiger partial charge >= 0.3 is 0 Å². The fourth-order valence-corrected chi connectivity index (χ4v) is 2.67. The highest BCUT2D eigenvalue weighted by molar-refractivity contribution is 8.13. The van der Waals surface area contributed by atoms with Crippen molar-refractivity contribution in [1.82, 2.24) is 10.2 Å². The summed E-state index contributed by atoms with van der Waals surface area (Å²) in [6, 6.07) is 0. The maximum absolute atomic E-state index is 8.45. The van der Waals surface area contributed by atoms with Gasteiger partial charge < -0.3 is 0 Å². The maximum atomic E-state index is 8.45. The number of hydrogen-bond donors (Lipinski definition) is 1. The van der Waals surface area contributed by atoms with Crippen LogP contribution < -0.4 is 5.32 Å². The first-order chi connectivity index (χ1) is 7.36. The normalized spacial score (nSPS) is 18.5. The van der Waals surface area contributed by atoms with Crippen molar-refractivity contribution >= 4 is 28.7 Å². The maximum Gasteiger partial charge on any atom is 0.183 e. The molecule has 1 N–H and O–H groups in total. The van der Waals surface area contributed by atoms with Crippen LogP contribution in [-0.4, -0.2) is 54.0 Å². The molecule has 1 aliphatic heterocycles. The third-order valence-corrected chi connectivity index (χ3v) is 3.69. The van der Waals surface area contributed by atoms with Crippen LogP contribution in [0.25, 0.3) is 0 Å². The Hall–Kier alpha value is -0.380. The molecular formula is C9H16N4S2. The van der Waals surface area contributed by atoms with Crippen molar-refractivity contribution < 1.29 is 0 Å². The summed E-state index contributed by atoms with van der Waals surface area (Å²) in [6.45, 7) is 4.11. The molecule has 6 heteroatoms. The van der Waals surface area contributed by atoms with Crippen molar-refractivity contribution in [3.8, 4) is 6.19 Å². The molecule has 0 unspecified atom stereocenters. The second-order valence-corrected chi connectivity index (χ2v) is 5.10. The summed E-state index contributed by atoms with van der Waals surface area (Å²) < 4.78 is 0. The summed E-state index contributed by atoms with van der Waals surface area (Å²) in [5.74, 6) is 2.46. The number of thioether (sulfide) groups is 2. The van der Waals surface area contributed by atoms with E-state index in [-0.39, 0.29) is 0 Å². The van der Waals surface area contributed by atoms with Gasteiger partial charge in [0.05, 0.1) is 6.54 Å². The molecule has 4 nitrogen and oxygen atoms in total. The van der Waals surface area contributed by atoms with Gasteiger partial charge in [-0.15, -0.1) is 0 Å². The number of hydrogen-bond acceptors (Lipinski definition) is 5. The standard InChI is InChI=1S/C9H16N4S2/c1-14-9(12-8-10)11-2-3-13-4-6-15-7-5-13/h2-7H2,1H3,(H,11,12). The first-order valence-electron chi connectivity index (χ1n) is 4.90. The molecule has 0 bridgehead atoms. The molecule has 0 amide bonds. The van der Waals surface area contributed by atoms with Gasteiger partial charge in [-0.3, -0.25) is 15.2 Å². The van der Waals surface area contributed by atoms with E-state index in [1.165, 1.54) is 36.4 Å². The minimum atomic E-state index is 0.712. The van der Waals surface area contributed by atoms with Crippen molar-refractivity contribution in [2.24, 2.45) is 4.99 Å². The lowest BCUT2D eigenvalue weighted by Gasteiger charge is -2.25. The fraction of sp³-hybridized carbons (Fsp3) is 0.778. The first kappa shape index (κ1) is 12.7. The second-order valence-electron chi connectivity index (χ2n) is 3.08. The molecular weight excluding hydrogens is 228 g/mol. The monoisotopic (exact) mass is 244 g/mol. The van der Waals surface area contributed by atoms with E-state index in [0.29, 0.717) is 5.17 Å². The average molecular weight is 244 g/mol. The van der Waals surface area contributed by atoms with Crippen molar-refractivity contribution in [2.45, 2.75) is 0 Å². The molecule has 0 radical (unpaired) electrons. The van der Waals surface area contributed by atoms with Crippen LogP contribution in [-0.2, 0) is 0 Å². The number of nitriles is 1. The SMILES string of the molecule is CSC(=NCCN1CCSCC1)NC#N. The van der Waals surface area contributed by atoms with Crippen LogP contribution in [0.2, 0.25) is 0 Å². The molecule has 1 fully saturated rings. The van der Waals surface area contributed by atoms with Crippen molar-refractivity contribution in [2.75, 3.05) is 43.9 Å². The number of aliphatic imine (C=N–C) groups is 1. The van der Waals surface area contributed by atoms with E-state index < -0.39 is 0 Å². The third kappa shape index (κ3) is 5.30. The van der Waals surface area contributed by atoms with Crippen LogP contribution >= 0.6 is 23.5 Å². The van der Waals surface area contributed by atoms with E-state index in [9.17, 15) is 0 Å². The Morgan fingerprint density at radius 1 is 1.60 bits per heavy atom. The first-order valence-corrected chi connectivity index (χ1v) is 7.28. The highest BCUT2D eigenvalue weighted by atomic mass is 32.2. The highest BCUT2D eigenvalue weighted by Gasteiger charge is 2.08. The van der Waals surface area contributed by atoms with E-state index in [1.54, 1.807) is 0 Å². The van der Waals surface area contributed by atoms with Gasteiger partial charge in [0.25, 0.3) is 0 Å². The molecule has 0 spiro atoms. The molecule has 0 saturated carbocycles. The third-order valence-electron chi connectivity index (χ3n) is 2.13. The topological polar surface area (TPSA) is 51.4 Å². The van der Waals surface area contributed by atoms with E-state index in [2.05, 4.69) is 15.2 Å². The number of nitrogens with one attached hydrogen (secondary N) is 1. The lowest BCUT2D eigenvalue weighted by atomic mass is 10.4. The Labute approximate surface area is 99.5 Å². The minimum absolute atomic E-state index is 0.712. The molecule has 0 aliphatic carbocycles. The predicted octanol–water partition coefficient (Wildman–Crippen LogP) is 0.825. The zero-order valence-corrected chi connectivity index (χ0v) is 10.5. The molecule has 1 aliphatic rings. The fourth-order valence-electron chi connectivity index (χ4n) is 1.32. The zero-order valence-electron chi connectivity index (χ0n) is 8.90. The van der Waals surface area contributed by atoms with Crippen LogP contribution in [0.4, 0.5) is 0 Å². The van der Waals surface area contributed by atoms with Gasteiger partial charge in [-0.2, -0.15) is 17.0 Å². The van der Waals surface area contributed by atoms with Crippen LogP contribution in [0, 0.1) is 11.5 Å². The number of rotatable bonds is 3. The second kappa shape index (κ2) is 7.85. The van der Waals surface area contributed by atoms with E-state index in [1.807, 2.05) is 24.2 Å². The lowest BCUT2D eigenvalue weighted by molar-refractivity contribution is 0.312. The minimum Gasteiger partial charge on any atom is -0.300 e. The van der Waals surface area contributed by atoms with Crippen LogP contribution in [0.15, 0.2) is 4.99 Å². The quantitative estimate of drug-likeness (QED) is 0.345. The van der Waals surface area contributed by atoms with Crippen LogP contribution in [0.1, 0.15) is 0 Å². The molecule has 0 aromatic carbocycles. The summed E-state index contributed by atoms with van der Waals surface area (Å²) >= 11 is 3.49. The molecule has 0 atom stereocenters. The molecule has 1 rings (SSSR count). The van der Waals surface area contributed by atoms with Gasteiger partial charge in [0.15, 0.2) is 11.4 Å². The van der Waals surface area contributed by atoms with Gasteiger partial charge in [0.1, 0.15) is 0 Å².